The van der Waals surface area contributed by atoms with E-state index in [9.17, 15) is 14.3 Å². The summed E-state index contributed by atoms with van der Waals surface area (Å²) in [6.45, 7) is 2.09. The highest BCUT2D eigenvalue weighted by atomic mass is 19.1. The summed E-state index contributed by atoms with van der Waals surface area (Å²) in [5, 5.41) is 18.2. The molecule has 0 heterocycles. The van der Waals surface area contributed by atoms with E-state index in [0.29, 0.717) is 5.56 Å². The molecule has 0 aliphatic heterocycles. The molecular weight excluding hydrogens is 293 g/mol. The average Bonchev–Trinajstić information content (AvgIpc) is 2.55. The number of hydrogen-bond donors (Lipinski definition) is 1. The lowest BCUT2D eigenvalue weighted by atomic mass is 9.95. The van der Waals surface area contributed by atoms with Gasteiger partial charge in [-0.1, -0.05) is 49.8 Å². The second kappa shape index (κ2) is 7.37. The Morgan fingerprint density at radius 1 is 1.26 bits per heavy atom. The quantitative estimate of drug-likeness (QED) is 0.856. The van der Waals surface area contributed by atoms with Crippen LogP contribution in [0.5, 0.6) is 0 Å². The minimum absolute atomic E-state index is 0.0550. The largest absolute Gasteiger partial charge is 0.478 e. The van der Waals surface area contributed by atoms with Gasteiger partial charge in [0, 0.05) is 5.56 Å². The molecule has 0 spiro atoms. The van der Waals surface area contributed by atoms with Crippen LogP contribution in [0, 0.1) is 17.1 Å². The molecule has 2 rings (SSSR count). The summed E-state index contributed by atoms with van der Waals surface area (Å²) >= 11 is 0. The van der Waals surface area contributed by atoms with E-state index in [1.54, 1.807) is 30.3 Å². The van der Waals surface area contributed by atoms with Gasteiger partial charge in [0.25, 0.3) is 0 Å². The topological polar surface area (TPSA) is 61.1 Å². The Morgan fingerprint density at radius 2 is 1.96 bits per heavy atom. The van der Waals surface area contributed by atoms with Crippen molar-refractivity contribution in [2.45, 2.75) is 19.8 Å². The maximum absolute atomic E-state index is 14.4. The van der Waals surface area contributed by atoms with E-state index in [-0.39, 0.29) is 16.7 Å². The van der Waals surface area contributed by atoms with Gasteiger partial charge in [0.1, 0.15) is 11.9 Å². The van der Waals surface area contributed by atoms with Crippen molar-refractivity contribution in [1.29, 1.82) is 5.26 Å². The van der Waals surface area contributed by atoms with Crippen LogP contribution in [0.25, 0.3) is 17.2 Å². The first kappa shape index (κ1) is 16.4. The molecular formula is C19H16FNO2. The molecule has 0 unspecified atom stereocenters. The van der Waals surface area contributed by atoms with Gasteiger partial charge < -0.3 is 5.11 Å². The smallest absolute Gasteiger partial charge is 0.336 e. The third kappa shape index (κ3) is 3.64. The summed E-state index contributed by atoms with van der Waals surface area (Å²) in [5.41, 5.74) is 1.01. The molecule has 0 saturated heterocycles. The number of carboxylic acid groups (broad SMARTS) is 1. The van der Waals surface area contributed by atoms with Crippen molar-refractivity contribution in [1.82, 2.24) is 0 Å². The number of halogens is 1. The molecule has 2 aromatic carbocycles. The Hall–Kier alpha value is -2.93. The predicted octanol–water partition coefficient (Wildman–Crippen LogP) is 4.88. The maximum Gasteiger partial charge on any atom is 0.336 e. The second-order valence-electron chi connectivity index (χ2n) is 5.08. The van der Waals surface area contributed by atoms with Crippen LogP contribution in [0.3, 0.4) is 0 Å². The summed E-state index contributed by atoms with van der Waals surface area (Å²) in [4.78, 5) is 11.3. The van der Waals surface area contributed by atoms with Gasteiger partial charge in [-0.25, -0.2) is 9.18 Å². The van der Waals surface area contributed by atoms with Crippen LogP contribution in [-0.2, 0) is 0 Å². The molecule has 0 atom stereocenters. The molecule has 0 aliphatic rings. The fourth-order valence-corrected chi connectivity index (χ4v) is 2.27. The fraction of sp³-hybridized carbons (Fsp3) is 0.158. The number of carbonyl (C=O) groups is 1. The number of carboxylic acids is 1. The Balaban J connectivity index is 2.49. The van der Waals surface area contributed by atoms with Crippen molar-refractivity contribution < 1.29 is 14.3 Å². The molecule has 0 aliphatic carbocycles. The van der Waals surface area contributed by atoms with Gasteiger partial charge >= 0.3 is 5.97 Å². The Kier molecular flexibility index (Phi) is 5.27. The van der Waals surface area contributed by atoms with E-state index in [4.69, 9.17) is 5.26 Å². The van der Waals surface area contributed by atoms with Crippen molar-refractivity contribution in [3.63, 3.8) is 0 Å². The molecule has 2 aromatic rings. The third-order valence-electron chi connectivity index (χ3n) is 3.46. The van der Waals surface area contributed by atoms with Crippen LogP contribution in [0.2, 0.25) is 0 Å². The van der Waals surface area contributed by atoms with Crippen LogP contribution in [0.4, 0.5) is 4.39 Å². The zero-order chi connectivity index (χ0) is 16.8. The minimum Gasteiger partial charge on any atom is -0.478 e. The minimum atomic E-state index is -1.23. The molecule has 0 bridgehead atoms. The first-order valence-electron chi connectivity index (χ1n) is 7.31. The molecule has 0 fully saturated rings. The number of hydrogen-bond acceptors (Lipinski definition) is 2. The number of nitriles is 1. The third-order valence-corrected chi connectivity index (χ3v) is 3.46. The van der Waals surface area contributed by atoms with Crippen LogP contribution < -0.4 is 0 Å². The molecule has 1 N–H and O–H groups in total. The van der Waals surface area contributed by atoms with Gasteiger partial charge in [0.05, 0.1) is 11.1 Å². The fourth-order valence-electron chi connectivity index (χ4n) is 2.27. The molecule has 0 amide bonds. The van der Waals surface area contributed by atoms with Crippen LogP contribution in [0.15, 0.2) is 42.5 Å². The van der Waals surface area contributed by atoms with Gasteiger partial charge in [-0.15, -0.1) is 0 Å². The van der Waals surface area contributed by atoms with Gasteiger partial charge in [-0.3, -0.25) is 0 Å². The summed E-state index contributed by atoms with van der Waals surface area (Å²) < 4.78 is 14.4. The molecule has 0 saturated carbocycles. The van der Waals surface area contributed by atoms with Crippen molar-refractivity contribution in [2.24, 2.45) is 0 Å². The Morgan fingerprint density at radius 3 is 2.52 bits per heavy atom. The van der Waals surface area contributed by atoms with E-state index < -0.39 is 11.8 Å². The van der Waals surface area contributed by atoms with Gasteiger partial charge in [-0.2, -0.15) is 5.26 Å². The van der Waals surface area contributed by atoms with E-state index >= 15 is 0 Å². The first-order valence-corrected chi connectivity index (χ1v) is 7.31. The summed E-state index contributed by atoms with van der Waals surface area (Å²) in [6, 6.07) is 11.1. The van der Waals surface area contributed by atoms with Crippen LogP contribution in [0.1, 0.15) is 41.3 Å². The number of rotatable bonds is 5. The lowest BCUT2D eigenvalue weighted by molar-refractivity contribution is 0.0697. The zero-order valence-electron chi connectivity index (χ0n) is 12.7. The average molecular weight is 309 g/mol. The molecule has 4 heteroatoms. The van der Waals surface area contributed by atoms with Gasteiger partial charge in [-0.05, 0) is 29.7 Å². The number of benzene rings is 2. The highest BCUT2D eigenvalue weighted by molar-refractivity contribution is 5.96. The van der Waals surface area contributed by atoms with Crippen molar-refractivity contribution >= 4 is 12.0 Å². The summed E-state index contributed by atoms with van der Waals surface area (Å²) in [6.07, 6.45) is 6.05. The molecule has 116 valence electrons. The molecule has 0 radical (unpaired) electrons. The standard InChI is InChI=1S/C19H16FNO2/c1-2-3-4-5-13-6-8-14(9-7-13)17-16(19(22)23)11-10-15(12-21)18(17)20/h4-11H,2-3H2,1H3,(H,22,23). The zero-order valence-corrected chi connectivity index (χ0v) is 12.7. The highest BCUT2D eigenvalue weighted by Crippen LogP contribution is 2.29. The van der Waals surface area contributed by atoms with Crippen LogP contribution in [-0.4, -0.2) is 11.1 Å². The monoisotopic (exact) mass is 309 g/mol. The molecule has 3 nitrogen and oxygen atoms in total. The second-order valence-corrected chi connectivity index (χ2v) is 5.08. The van der Waals surface area contributed by atoms with E-state index in [1.807, 2.05) is 6.08 Å². The number of nitrogens with zero attached hydrogens (tertiary/aromatic N) is 1. The molecule has 0 aromatic heterocycles. The lowest BCUT2D eigenvalue weighted by Crippen LogP contribution is -2.03. The number of unbranched alkanes of at least 4 members (excludes halogenated alkanes) is 1. The number of allylic oxidation sites excluding steroid dienone is 1. The normalized spacial score (nSPS) is 10.7. The highest BCUT2D eigenvalue weighted by Gasteiger charge is 2.19. The first-order chi connectivity index (χ1) is 11.1. The van der Waals surface area contributed by atoms with Crippen molar-refractivity contribution in [2.75, 3.05) is 0 Å². The predicted molar refractivity (Wildman–Crippen MR) is 87.5 cm³/mol. The van der Waals surface area contributed by atoms with Crippen molar-refractivity contribution in [3.8, 4) is 17.2 Å². The van der Waals surface area contributed by atoms with Gasteiger partial charge in [0.15, 0.2) is 0 Å². The van der Waals surface area contributed by atoms with Gasteiger partial charge in [0.2, 0.25) is 0 Å². The van der Waals surface area contributed by atoms with Crippen molar-refractivity contribution in [3.05, 3.63) is 65.0 Å². The van der Waals surface area contributed by atoms with E-state index in [0.717, 1.165) is 18.4 Å². The van der Waals surface area contributed by atoms with E-state index in [2.05, 4.69) is 13.0 Å². The van der Waals surface area contributed by atoms with Crippen LogP contribution >= 0.6 is 0 Å². The Labute approximate surface area is 134 Å². The summed E-state index contributed by atoms with van der Waals surface area (Å²) in [7, 11) is 0. The number of aromatic carboxylic acids is 1. The SMILES string of the molecule is CCCC=Cc1ccc(-c2c(C(=O)O)ccc(C#N)c2F)cc1. The molecule has 23 heavy (non-hydrogen) atoms. The maximum atomic E-state index is 14.4. The lowest BCUT2D eigenvalue weighted by Gasteiger charge is -2.09. The Bertz CT molecular complexity index is 786. The van der Waals surface area contributed by atoms with E-state index in [1.165, 1.54) is 12.1 Å². The summed E-state index contributed by atoms with van der Waals surface area (Å²) in [5.74, 6) is -2.03.